The highest BCUT2D eigenvalue weighted by Crippen LogP contribution is 2.26. The Kier molecular flexibility index (Phi) is 2.54. The van der Waals surface area contributed by atoms with Gasteiger partial charge in [-0.3, -0.25) is 0 Å². The SMILES string of the molecule is C=CC(C)(C)c1cc2cc(O)ccc2oc1=O. The van der Waals surface area contributed by atoms with E-state index in [0.717, 1.165) is 0 Å². The summed E-state index contributed by atoms with van der Waals surface area (Å²) in [5.41, 5.74) is 0.176. The molecule has 17 heavy (non-hydrogen) atoms. The van der Waals surface area contributed by atoms with Crippen LogP contribution in [0.2, 0.25) is 0 Å². The summed E-state index contributed by atoms with van der Waals surface area (Å²) in [6, 6.07) is 6.38. The van der Waals surface area contributed by atoms with E-state index < -0.39 is 5.41 Å². The monoisotopic (exact) mass is 230 g/mol. The number of benzene rings is 1. The highest BCUT2D eigenvalue weighted by Gasteiger charge is 2.21. The third kappa shape index (κ3) is 1.96. The van der Waals surface area contributed by atoms with E-state index in [1.807, 2.05) is 13.8 Å². The molecule has 0 spiro atoms. The van der Waals surface area contributed by atoms with E-state index in [9.17, 15) is 9.90 Å². The number of phenolic OH excluding ortho intramolecular Hbond substituents is 1. The van der Waals surface area contributed by atoms with Crippen LogP contribution >= 0.6 is 0 Å². The van der Waals surface area contributed by atoms with E-state index in [1.54, 1.807) is 24.3 Å². The summed E-state index contributed by atoms with van der Waals surface area (Å²) < 4.78 is 5.22. The van der Waals surface area contributed by atoms with Gasteiger partial charge in [-0.05, 0) is 24.3 Å². The van der Waals surface area contributed by atoms with Gasteiger partial charge in [0.15, 0.2) is 0 Å². The van der Waals surface area contributed by atoms with E-state index in [-0.39, 0.29) is 11.4 Å². The highest BCUT2D eigenvalue weighted by molar-refractivity contribution is 5.78. The van der Waals surface area contributed by atoms with Gasteiger partial charge in [0, 0.05) is 16.4 Å². The molecule has 0 aliphatic heterocycles. The molecule has 2 aromatic rings. The molecule has 0 unspecified atom stereocenters. The van der Waals surface area contributed by atoms with Crippen LogP contribution in [0.3, 0.4) is 0 Å². The Morgan fingerprint density at radius 1 is 1.35 bits per heavy atom. The van der Waals surface area contributed by atoms with Crippen molar-refractivity contribution in [3.63, 3.8) is 0 Å². The van der Waals surface area contributed by atoms with Gasteiger partial charge >= 0.3 is 5.63 Å². The second-order valence-corrected chi connectivity index (χ2v) is 4.60. The van der Waals surface area contributed by atoms with Gasteiger partial charge in [-0.2, -0.15) is 0 Å². The fourth-order valence-electron chi connectivity index (χ4n) is 1.67. The third-order valence-corrected chi connectivity index (χ3v) is 2.92. The molecule has 3 nitrogen and oxygen atoms in total. The van der Waals surface area contributed by atoms with Gasteiger partial charge in [0.25, 0.3) is 0 Å². The normalized spacial score (nSPS) is 11.6. The predicted octanol–water partition coefficient (Wildman–Crippen LogP) is 2.96. The number of rotatable bonds is 2. The smallest absolute Gasteiger partial charge is 0.340 e. The van der Waals surface area contributed by atoms with E-state index in [0.29, 0.717) is 16.5 Å². The summed E-state index contributed by atoms with van der Waals surface area (Å²) in [5.74, 6) is 0.147. The molecule has 1 aromatic heterocycles. The number of hydrogen-bond acceptors (Lipinski definition) is 3. The molecule has 0 saturated heterocycles. The van der Waals surface area contributed by atoms with Crippen molar-refractivity contribution in [2.24, 2.45) is 0 Å². The summed E-state index contributed by atoms with van der Waals surface area (Å²) in [4.78, 5) is 11.8. The van der Waals surface area contributed by atoms with Crippen LogP contribution in [0.15, 0.2) is 46.1 Å². The third-order valence-electron chi connectivity index (χ3n) is 2.92. The second-order valence-electron chi connectivity index (χ2n) is 4.60. The van der Waals surface area contributed by atoms with Gasteiger partial charge in [0.05, 0.1) is 0 Å². The Bertz CT molecular complexity index is 635. The average Bonchev–Trinajstić information content (AvgIpc) is 2.28. The van der Waals surface area contributed by atoms with Gasteiger partial charge in [-0.15, -0.1) is 6.58 Å². The van der Waals surface area contributed by atoms with Crippen molar-refractivity contribution in [1.29, 1.82) is 0 Å². The Hall–Kier alpha value is -2.03. The zero-order chi connectivity index (χ0) is 12.6. The molecule has 0 amide bonds. The van der Waals surface area contributed by atoms with Crippen LogP contribution in [-0.4, -0.2) is 5.11 Å². The van der Waals surface area contributed by atoms with Crippen molar-refractivity contribution in [1.82, 2.24) is 0 Å². The standard InChI is InChI=1S/C14H14O3/c1-4-14(2,3)11-8-9-7-10(15)5-6-12(9)17-13(11)16/h4-8,15H,1H2,2-3H3. The maximum absolute atomic E-state index is 11.8. The van der Waals surface area contributed by atoms with Crippen LogP contribution in [0, 0.1) is 0 Å². The molecule has 1 N–H and O–H groups in total. The van der Waals surface area contributed by atoms with E-state index >= 15 is 0 Å². The first kappa shape index (κ1) is 11.5. The maximum atomic E-state index is 11.8. The largest absolute Gasteiger partial charge is 0.508 e. The number of aromatic hydroxyl groups is 1. The molecule has 0 aliphatic carbocycles. The van der Waals surface area contributed by atoms with Crippen LogP contribution in [0.25, 0.3) is 11.0 Å². The Morgan fingerprint density at radius 3 is 2.71 bits per heavy atom. The van der Waals surface area contributed by atoms with Crippen molar-refractivity contribution in [3.05, 3.63) is 52.9 Å². The van der Waals surface area contributed by atoms with Crippen LogP contribution in [0.5, 0.6) is 5.75 Å². The minimum Gasteiger partial charge on any atom is -0.508 e. The minimum atomic E-state index is -0.458. The van der Waals surface area contributed by atoms with Gasteiger partial charge < -0.3 is 9.52 Å². The molecule has 0 bridgehead atoms. The second kappa shape index (κ2) is 3.77. The summed E-state index contributed by atoms with van der Waals surface area (Å²) in [5, 5.41) is 10.1. The molecular weight excluding hydrogens is 216 g/mol. The van der Waals surface area contributed by atoms with Crippen molar-refractivity contribution >= 4 is 11.0 Å². The highest BCUT2D eigenvalue weighted by atomic mass is 16.4. The molecule has 0 aliphatic rings. The fourth-order valence-corrected chi connectivity index (χ4v) is 1.67. The molecule has 0 radical (unpaired) electrons. The Morgan fingerprint density at radius 2 is 2.06 bits per heavy atom. The van der Waals surface area contributed by atoms with Gasteiger partial charge in [-0.25, -0.2) is 4.79 Å². The lowest BCUT2D eigenvalue weighted by Crippen LogP contribution is -2.22. The molecule has 0 saturated carbocycles. The molecule has 3 heteroatoms. The van der Waals surface area contributed by atoms with Crippen LogP contribution < -0.4 is 5.63 Å². The molecule has 1 heterocycles. The van der Waals surface area contributed by atoms with Crippen LogP contribution in [0.1, 0.15) is 19.4 Å². The van der Waals surface area contributed by atoms with Crippen molar-refractivity contribution in [3.8, 4) is 5.75 Å². The first-order valence-corrected chi connectivity index (χ1v) is 5.35. The van der Waals surface area contributed by atoms with Crippen molar-refractivity contribution < 1.29 is 9.52 Å². The van der Waals surface area contributed by atoms with Gasteiger partial charge in [0.2, 0.25) is 0 Å². The van der Waals surface area contributed by atoms with E-state index in [1.165, 1.54) is 6.07 Å². The lowest BCUT2D eigenvalue weighted by molar-refractivity contribution is 0.474. The molecule has 2 rings (SSSR count). The Labute approximate surface area is 99.0 Å². The van der Waals surface area contributed by atoms with E-state index in [2.05, 4.69) is 6.58 Å². The van der Waals surface area contributed by atoms with Crippen molar-refractivity contribution in [2.45, 2.75) is 19.3 Å². The molecule has 0 atom stereocenters. The predicted molar refractivity (Wildman–Crippen MR) is 67.4 cm³/mol. The van der Waals surface area contributed by atoms with Gasteiger partial charge in [0.1, 0.15) is 11.3 Å². The molecular formula is C14H14O3. The number of phenols is 1. The minimum absolute atomic E-state index is 0.147. The topological polar surface area (TPSA) is 50.4 Å². The first-order valence-electron chi connectivity index (χ1n) is 5.35. The summed E-state index contributed by atoms with van der Waals surface area (Å²) in [7, 11) is 0. The summed E-state index contributed by atoms with van der Waals surface area (Å²) in [6.07, 6.45) is 1.70. The lowest BCUT2D eigenvalue weighted by atomic mass is 9.85. The summed E-state index contributed by atoms with van der Waals surface area (Å²) in [6.45, 7) is 7.50. The number of fused-ring (bicyclic) bond motifs is 1. The lowest BCUT2D eigenvalue weighted by Gasteiger charge is -2.18. The molecule has 1 aromatic carbocycles. The first-order chi connectivity index (χ1) is 7.94. The zero-order valence-electron chi connectivity index (χ0n) is 9.86. The van der Waals surface area contributed by atoms with Crippen LogP contribution in [0.4, 0.5) is 0 Å². The Balaban J connectivity index is 2.78. The summed E-state index contributed by atoms with van der Waals surface area (Å²) >= 11 is 0. The molecule has 88 valence electrons. The molecule has 0 fully saturated rings. The quantitative estimate of drug-likeness (QED) is 0.637. The maximum Gasteiger partial charge on any atom is 0.340 e. The van der Waals surface area contributed by atoms with E-state index in [4.69, 9.17) is 4.42 Å². The zero-order valence-corrected chi connectivity index (χ0v) is 9.86. The van der Waals surface area contributed by atoms with Crippen molar-refractivity contribution in [2.75, 3.05) is 0 Å². The van der Waals surface area contributed by atoms with Gasteiger partial charge in [-0.1, -0.05) is 19.9 Å². The number of allylic oxidation sites excluding steroid dienone is 1. The average molecular weight is 230 g/mol. The van der Waals surface area contributed by atoms with Crippen LogP contribution in [-0.2, 0) is 5.41 Å². The fraction of sp³-hybridized carbons (Fsp3) is 0.214. The number of hydrogen-bond donors (Lipinski definition) is 1.